The number of ketones is 1. The molecule has 242 valence electrons. The lowest BCUT2D eigenvalue weighted by atomic mass is 9.96. The molecule has 1 aliphatic heterocycles. The number of thioether (sulfide) groups is 1. The van der Waals surface area contributed by atoms with Gasteiger partial charge in [-0.1, -0.05) is 90.3 Å². The van der Waals surface area contributed by atoms with Gasteiger partial charge in [0.15, 0.2) is 10.1 Å². The van der Waals surface area contributed by atoms with Crippen molar-refractivity contribution in [3.05, 3.63) is 104 Å². The number of unbranched alkanes of at least 4 members (excludes halogenated alkanes) is 2. The number of nitrogens with zero attached hydrogens (tertiary/aromatic N) is 5. The Morgan fingerprint density at radius 3 is 2.66 bits per heavy atom. The van der Waals surface area contributed by atoms with Crippen LogP contribution in [0.1, 0.15) is 60.3 Å². The third-order valence-electron chi connectivity index (χ3n) is 7.91. The van der Waals surface area contributed by atoms with E-state index in [2.05, 4.69) is 22.1 Å². The van der Waals surface area contributed by atoms with Gasteiger partial charge in [-0.2, -0.15) is 0 Å². The van der Waals surface area contributed by atoms with Crippen LogP contribution in [0.2, 0.25) is 10.0 Å². The number of benzene rings is 2. The fourth-order valence-corrected chi connectivity index (χ4v) is 7.90. The molecule has 3 aromatic heterocycles. The average Bonchev–Trinajstić information content (AvgIpc) is 3.74. The zero-order valence-electron chi connectivity index (χ0n) is 25.9. The van der Waals surface area contributed by atoms with Gasteiger partial charge in [0.1, 0.15) is 17.1 Å². The zero-order chi connectivity index (χ0) is 33.2. The van der Waals surface area contributed by atoms with Crippen molar-refractivity contribution in [1.82, 2.24) is 19.6 Å². The van der Waals surface area contributed by atoms with Gasteiger partial charge in [-0.05, 0) is 67.3 Å². The summed E-state index contributed by atoms with van der Waals surface area (Å²) >= 11 is 15.0. The SMILES string of the molecule is CCCCCOc1cccc(C2C(=C(O)c3nc4c(C)cccn4c3C)C(=O)C(=O)N2c2nnc(SCc3ccc(Cl)cc3Cl)s2)c1. The maximum Gasteiger partial charge on any atom is 0.301 e. The van der Waals surface area contributed by atoms with E-state index in [4.69, 9.17) is 27.9 Å². The van der Waals surface area contributed by atoms with E-state index >= 15 is 0 Å². The van der Waals surface area contributed by atoms with Crippen LogP contribution in [0.4, 0.5) is 5.13 Å². The molecule has 1 atom stereocenters. The highest BCUT2D eigenvalue weighted by molar-refractivity contribution is 8.00. The summed E-state index contributed by atoms with van der Waals surface area (Å²) in [6, 6.07) is 15.3. The van der Waals surface area contributed by atoms with Crippen molar-refractivity contribution in [2.24, 2.45) is 0 Å². The van der Waals surface area contributed by atoms with Crippen LogP contribution in [-0.4, -0.2) is 43.0 Å². The summed E-state index contributed by atoms with van der Waals surface area (Å²) in [6.07, 6.45) is 4.85. The second kappa shape index (κ2) is 14.1. The lowest BCUT2D eigenvalue weighted by Gasteiger charge is -2.23. The van der Waals surface area contributed by atoms with Crippen molar-refractivity contribution < 1.29 is 19.4 Å². The van der Waals surface area contributed by atoms with Gasteiger partial charge in [-0.25, -0.2) is 4.98 Å². The van der Waals surface area contributed by atoms with Crippen molar-refractivity contribution >= 4 is 74.5 Å². The standard InChI is InChI=1S/C34H31Cl2N5O4S2/c1-4-5-6-15-45-24-11-7-10-21(16-24)28-26(29(42)27-20(3)40-14-8-9-19(2)31(40)37-27)30(43)32(44)41(28)33-38-39-34(47-33)46-18-22-12-13-23(35)17-25(22)36/h7-14,16-17,28,42H,4-6,15,18H2,1-3H3. The molecular formula is C34H31Cl2N5O4S2. The number of imidazole rings is 1. The molecule has 1 saturated heterocycles. The predicted molar refractivity (Wildman–Crippen MR) is 187 cm³/mol. The molecule has 0 radical (unpaired) electrons. The predicted octanol–water partition coefficient (Wildman–Crippen LogP) is 8.60. The topological polar surface area (TPSA) is 110 Å². The Morgan fingerprint density at radius 2 is 1.89 bits per heavy atom. The summed E-state index contributed by atoms with van der Waals surface area (Å²) in [5.41, 5.74) is 3.77. The first-order chi connectivity index (χ1) is 22.7. The minimum atomic E-state index is -1.00. The van der Waals surface area contributed by atoms with Crippen LogP contribution in [0.3, 0.4) is 0 Å². The van der Waals surface area contributed by atoms with Gasteiger partial charge < -0.3 is 14.2 Å². The van der Waals surface area contributed by atoms with E-state index in [1.807, 2.05) is 48.7 Å². The van der Waals surface area contributed by atoms with Crippen molar-refractivity contribution in [2.45, 2.75) is 56.2 Å². The van der Waals surface area contributed by atoms with E-state index in [9.17, 15) is 14.7 Å². The fourth-order valence-electron chi connectivity index (χ4n) is 5.47. The molecule has 0 aliphatic carbocycles. The second-order valence-corrected chi connectivity index (χ2v) is 14.1. The molecule has 9 nitrogen and oxygen atoms in total. The van der Waals surface area contributed by atoms with Crippen molar-refractivity contribution in [3.63, 3.8) is 0 Å². The summed E-state index contributed by atoms with van der Waals surface area (Å²) in [6.45, 7) is 6.39. The van der Waals surface area contributed by atoms with Gasteiger partial charge in [0.2, 0.25) is 5.13 Å². The minimum absolute atomic E-state index is 0.0837. The number of aromatic nitrogens is 4. The van der Waals surface area contributed by atoms with Crippen LogP contribution in [-0.2, 0) is 15.3 Å². The number of fused-ring (bicyclic) bond motifs is 1. The quantitative estimate of drug-likeness (QED) is 0.0363. The number of hydrogen-bond donors (Lipinski definition) is 1. The Morgan fingerprint density at radius 1 is 1.06 bits per heavy atom. The molecule has 1 fully saturated rings. The van der Waals surface area contributed by atoms with Gasteiger partial charge in [-0.3, -0.25) is 14.5 Å². The summed E-state index contributed by atoms with van der Waals surface area (Å²) in [4.78, 5) is 33.7. The first-order valence-corrected chi connectivity index (χ1v) is 17.6. The smallest absolute Gasteiger partial charge is 0.301 e. The number of aliphatic hydroxyl groups excluding tert-OH is 1. The number of amides is 1. The molecule has 13 heteroatoms. The lowest BCUT2D eigenvalue weighted by molar-refractivity contribution is -0.132. The zero-order valence-corrected chi connectivity index (χ0v) is 29.0. The van der Waals surface area contributed by atoms with E-state index in [1.54, 1.807) is 30.3 Å². The summed E-state index contributed by atoms with van der Waals surface area (Å²) in [5.74, 6) is -0.930. The Hall–Kier alpha value is -3.90. The van der Waals surface area contributed by atoms with Crippen LogP contribution in [0, 0.1) is 13.8 Å². The number of hydrogen-bond acceptors (Lipinski definition) is 9. The molecule has 1 unspecified atom stereocenters. The third-order valence-corrected chi connectivity index (χ3v) is 10.6. The van der Waals surface area contributed by atoms with Crippen LogP contribution >= 0.6 is 46.3 Å². The number of carbonyl (C=O) groups excluding carboxylic acids is 2. The number of Topliss-reactive ketones (excluding diaryl/α,β-unsaturated/α-hetero) is 1. The number of rotatable bonds is 11. The Bertz CT molecular complexity index is 2020. The fraction of sp³-hybridized carbons (Fsp3) is 0.265. The minimum Gasteiger partial charge on any atom is -0.505 e. The van der Waals surface area contributed by atoms with Crippen molar-refractivity contribution in [1.29, 1.82) is 0 Å². The molecule has 5 aromatic rings. The highest BCUT2D eigenvalue weighted by Gasteiger charge is 2.49. The molecular weight excluding hydrogens is 677 g/mol. The molecule has 47 heavy (non-hydrogen) atoms. The highest BCUT2D eigenvalue weighted by Crippen LogP contribution is 2.45. The lowest BCUT2D eigenvalue weighted by Crippen LogP contribution is -2.29. The van der Waals surface area contributed by atoms with Crippen LogP contribution in [0.15, 0.2) is 70.7 Å². The van der Waals surface area contributed by atoms with Gasteiger partial charge in [0, 0.05) is 22.0 Å². The Labute approximate surface area is 290 Å². The first kappa shape index (κ1) is 33.0. The number of ether oxygens (including phenoxy) is 1. The monoisotopic (exact) mass is 707 g/mol. The van der Waals surface area contributed by atoms with Gasteiger partial charge in [0.05, 0.1) is 23.9 Å². The van der Waals surface area contributed by atoms with Crippen molar-refractivity contribution in [2.75, 3.05) is 11.5 Å². The number of pyridine rings is 1. The average molecular weight is 709 g/mol. The van der Waals surface area contributed by atoms with Gasteiger partial charge >= 0.3 is 5.91 Å². The Balaban J connectivity index is 1.41. The molecule has 1 amide bonds. The molecule has 0 saturated carbocycles. The Kier molecular flexibility index (Phi) is 9.88. The first-order valence-electron chi connectivity index (χ1n) is 15.1. The van der Waals surface area contributed by atoms with Crippen LogP contribution in [0.5, 0.6) is 5.75 Å². The number of carbonyl (C=O) groups is 2. The molecule has 0 spiro atoms. The summed E-state index contributed by atoms with van der Waals surface area (Å²) in [7, 11) is 0. The van der Waals surface area contributed by atoms with E-state index in [0.29, 0.717) is 49.4 Å². The maximum absolute atomic E-state index is 13.8. The second-order valence-electron chi connectivity index (χ2n) is 11.1. The van der Waals surface area contributed by atoms with E-state index in [1.165, 1.54) is 28.0 Å². The largest absolute Gasteiger partial charge is 0.505 e. The molecule has 4 heterocycles. The van der Waals surface area contributed by atoms with E-state index in [0.717, 1.165) is 30.4 Å². The third kappa shape index (κ3) is 6.62. The van der Waals surface area contributed by atoms with Gasteiger partial charge in [0.25, 0.3) is 5.78 Å². The summed E-state index contributed by atoms with van der Waals surface area (Å²) < 4.78 is 8.44. The number of aliphatic hydroxyl groups is 1. The van der Waals surface area contributed by atoms with Crippen LogP contribution in [0.25, 0.3) is 11.4 Å². The van der Waals surface area contributed by atoms with E-state index < -0.39 is 17.7 Å². The number of halogens is 2. The molecule has 1 aliphatic rings. The number of aryl methyl sites for hydroxylation is 2. The van der Waals surface area contributed by atoms with Gasteiger partial charge in [-0.15, -0.1) is 10.2 Å². The maximum atomic E-state index is 13.8. The summed E-state index contributed by atoms with van der Waals surface area (Å²) in [5, 5.41) is 21.7. The van der Waals surface area contributed by atoms with Crippen molar-refractivity contribution in [3.8, 4) is 5.75 Å². The molecule has 0 bridgehead atoms. The molecule has 1 N–H and O–H groups in total. The normalized spacial score (nSPS) is 16.0. The molecule has 2 aromatic carbocycles. The number of anilines is 1. The highest BCUT2D eigenvalue weighted by atomic mass is 35.5. The molecule has 6 rings (SSSR count). The van der Waals surface area contributed by atoms with E-state index in [-0.39, 0.29) is 22.2 Å². The van der Waals surface area contributed by atoms with Crippen LogP contribution < -0.4 is 9.64 Å².